The minimum atomic E-state index is -0.532. The molecule has 2 aromatic carbocycles. The molecule has 0 radical (unpaired) electrons. The van der Waals surface area contributed by atoms with Gasteiger partial charge in [-0.25, -0.2) is 8.78 Å². The molecule has 1 fully saturated rings. The normalized spacial score (nSPS) is 17.9. The third kappa shape index (κ3) is 4.53. The summed E-state index contributed by atoms with van der Waals surface area (Å²) < 4.78 is 27.2. The number of likely N-dealkylation sites (tertiary alicyclic amines) is 1. The van der Waals surface area contributed by atoms with Gasteiger partial charge in [-0.05, 0) is 49.7 Å². The van der Waals surface area contributed by atoms with Gasteiger partial charge in [-0.15, -0.1) is 0 Å². The van der Waals surface area contributed by atoms with Crippen molar-refractivity contribution in [2.75, 3.05) is 18.4 Å². The van der Waals surface area contributed by atoms with Crippen LogP contribution in [0, 0.1) is 17.6 Å². The number of benzene rings is 2. The molecule has 3 nitrogen and oxygen atoms in total. The number of rotatable bonds is 4. The fraction of sp³-hybridized carbons (Fsp3) is 0.316. The Morgan fingerprint density at radius 3 is 2.69 bits per heavy atom. The summed E-state index contributed by atoms with van der Waals surface area (Å²) in [4.78, 5) is 14.5. The molecule has 1 amide bonds. The highest BCUT2D eigenvalue weighted by Gasteiger charge is 2.27. The second-order valence-corrected chi connectivity index (χ2v) is 7.21. The van der Waals surface area contributed by atoms with Crippen molar-refractivity contribution in [1.82, 2.24) is 4.90 Å². The zero-order valence-electron chi connectivity index (χ0n) is 13.9. The Morgan fingerprint density at radius 2 is 1.96 bits per heavy atom. The van der Waals surface area contributed by atoms with Crippen molar-refractivity contribution in [3.05, 3.63) is 63.6 Å². The summed E-state index contributed by atoms with van der Waals surface area (Å²) in [6.07, 6.45) is 1.57. The van der Waals surface area contributed by atoms with Gasteiger partial charge in [0.1, 0.15) is 11.6 Å². The van der Waals surface area contributed by atoms with Crippen LogP contribution >= 0.6 is 23.2 Å². The summed E-state index contributed by atoms with van der Waals surface area (Å²) in [5, 5.41) is 3.12. The number of amides is 1. The van der Waals surface area contributed by atoms with Gasteiger partial charge in [0.2, 0.25) is 5.91 Å². The molecule has 1 aliphatic heterocycles. The Labute approximate surface area is 160 Å². The molecule has 1 heterocycles. The van der Waals surface area contributed by atoms with Crippen LogP contribution in [0.4, 0.5) is 14.5 Å². The minimum Gasteiger partial charge on any atom is -0.326 e. The molecule has 138 valence electrons. The molecule has 26 heavy (non-hydrogen) atoms. The first kappa shape index (κ1) is 19.1. The van der Waals surface area contributed by atoms with E-state index in [1.807, 2.05) is 4.90 Å². The number of hydrogen-bond donors (Lipinski definition) is 1. The summed E-state index contributed by atoms with van der Waals surface area (Å²) in [5.74, 6) is -1.27. The number of piperidine rings is 1. The van der Waals surface area contributed by atoms with Crippen molar-refractivity contribution in [1.29, 1.82) is 0 Å². The second-order valence-electron chi connectivity index (χ2n) is 6.39. The smallest absolute Gasteiger partial charge is 0.228 e. The molecule has 2 aromatic rings. The lowest BCUT2D eigenvalue weighted by molar-refractivity contribution is -0.121. The number of anilines is 1. The van der Waals surface area contributed by atoms with Gasteiger partial charge < -0.3 is 5.32 Å². The van der Waals surface area contributed by atoms with Crippen LogP contribution in [0.3, 0.4) is 0 Å². The molecule has 0 aromatic heterocycles. The van der Waals surface area contributed by atoms with Gasteiger partial charge in [-0.3, -0.25) is 9.69 Å². The summed E-state index contributed by atoms with van der Waals surface area (Å²) in [6.45, 7) is 1.64. The van der Waals surface area contributed by atoms with E-state index >= 15 is 0 Å². The first-order valence-electron chi connectivity index (χ1n) is 8.35. The Balaban J connectivity index is 1.64. The number of nitrogens with one attached hydrogen (secondary N) is 1. The van der Waals surface area contributed by atoms with Crippen LogP contribution in [0.1, 0.15) is 18.4 Å². The van der Waals surface area contributed by atoms with Gasteiger partial charge >= 0.3 is 0 Å². The zero-order chi connectivity index (χ0) is 18.7. The highest BCUT2D eigenvalue weighted by molar-refractivity contribution is 6.31. The topological polar surface area (TPSA) is 32.3 Å². The van der Waals surface area contributed by atoms with E-state index in [0.29, 0.717) is 29.4 Å². The standard InChI is InChI=1S/C19H18Cl2F2N2O/c20-15-4-1-5-17(22)14(15)11-25-8-2-3-12(10-25)19(26)24-13-6-7-18(23)16(21)9-13/h1,4-7,9,12H,2-3,8,10-11H2,(H,24,26). The minimum absolute atomic E-state index is 0.0396. The Morgan fingerprint density at radius 1 is 1.15 bits per heavy atom. The molecule has 1 N–H and O–H groups in total. The maximum absolute atomic E-state index is 14.0. The summed E-state index contributed by atoms with van der Waals surface area (Å²) >= 11 is 11.8. The number of halogens is 4. The predicted octanol–water partition coefficient (Wildman–Crippen LogP) is 5.12. The molecule has 1 atom stereocenters. The van der Waals surface area contributed by atoms with Crippen LogP contribution in [-0.2, 0) is 11.3 Å². The van der Waals surface area contributed by atoms with Crippen molar-refractivity contribution >= 4 is 34.8 Å². The Hall–Kier alpha value is -1.69. The van der Waals surface area contributed by atoms with E-state index in [1.54, 1.807) is 12.1 Å². The monoisotopic (exact) mass is 398 g/mol. The van der Waals surface area contributed by atoms with Gasteiger partial charge in [0.15, 0.2) is 0 Å². The van der Waals surface area contributed by atoms with Gasteiger partial charge in [0.05, 0.1) is 10.9 Å². The zero-order valence-corrected chi connectivity index (χ0v) is 15.5. The SMILES string of the molecule is O=C(Nc1ccc(F)c(Cl)c1)C1CCCN(Cc2c(F)cccc2Cl)C1. The predicted molar refractivity (Wildman–Crippen MR) is 99.5 cm³/mol. The second kappa shape index (κ2) is 8.33. The number of carbonyl (C=O) groups excluding carboxylic acids is 1. The van der Waals surface area contributed by atoms with Crippen LogP contribution in [0.5, 0.6) is 0 Å². The van der Waals surface area contributed by atoms with Crippen molar-refractivity contribution in [2.45, 2.75) is 19.4 Å². The lowest BCUT2D eigenvalue weighted by atomic mass is 9.96. The van der Waals surface area contributed by atoms with Crippen molar-refractivity contribution in [3.8, 4) is 0 Å². The third-order valence-electron chi connectivity index (χ3n) is 4.51. The largest absolute Gasteiger partial charge is 0.326 e. The van der Waals surface area contributed by atoms with Crippen molar-refractivity contribution < 1.29 is 13.6 Å². The molecular weight excluding hydrogens is 381 g/mol. The molecule has 1 unspecified atom stereocenters. The Kier molecular flexibility index (Phi) is 6.12. The first-order valence-corrected chi connectivity index (χ1v) is 9.11. The fourth-order valence-corrected chi connectivity index (χ4v) is 3.54. The lowest BCUT2D eigenvalue weighted by Gasteiger charge is -2.32. The average molecular weight is 399 g/mol. The van der Waals surface area contributed by atoms with Crippen molar-refractivity contribution in [3.63, 3.8) is 0 Å². The maximum Gasteiger partial charge on any atom is 0.228 e. The summed E-state index contributed by atoms with van der Waals surface area (Å²) in [7, 11) is 0. The number of carbonyl (C=O) groups is 1. The molecule has 3 rings (SSSR count). The van der Waals surface area contributed by atoms with Crippen LogP contribution in [-0.4, -0.2) is 23.9 Å². The van der Waals surface area contributed by atoms with E-state index in [4.69, 9.17) is 23.2 Å². The van der Waals surface area contributed by atoms with Crippen LogP contribution in [0.25, 0.3) is 0 Å². The van der Waals surface area contributed by atoms with E-state index in [1.165, 1.54) is 24.3 Å². The van der Waals surface area contributed by atoms with E-state index in [9.17, 15) is 13.6 Å². The molecule has 0 saturated carbocycles. The van der Waals surface area contributed by atoms with Gasteiger partial charge in [0, 0.05) is 29.4 Å². The van der Waals surface area contributed by atoms with Gasteiger partial charge in [0.25, 0.3) is 0 Å². The number of hydrogen-bond acceptors (Lipinski definition) is 2. The first-order chi connectivity index (χ1) is 12.4. The number of nitrogens with zero attached hydrogens (tertiary/aromatic N) is 1. The van der Waals surface area contributed by atoms with Crippen LogP contribution in [0.2, 0.25) is 10.0 Å². The summed E-state index contributed by atoms with van der Waals surface area (Å²) in [5.41, 5.74) is 0.899. The highest BCUT2D eigenvalue weighted by atomic mass is 35.5. The quantitative estimate of drug-likeness (QED) is 0.774. The van der Waals surface area contributed by atoms with E-state index in [2.05, 4.69) is 5.32 Å². The van der Waals surface area contributed by atoms with E-state index in [-0.39, 0.29) is 22.7 Å². The van der Waals surface area contributed by atoms with Gasteiger partial charge in [-0.2, -0.15) is 0 Å². The lowest BCUT2D eigenvalue weighted by Crippen LogP contribution is -2.40. The molecular formula is C19H18Cl2F2N2O. The maximum atomic E-state index is 14.0. The van der Waals surface area contributed by atoms with Gasteiger partial charge in [-0.1, -0.05) is 29.3 Å². The third-order valence-corrected chi connectivity index (χ3v) is 5.15. The molecule has 1 aliphatic rings. The van der Waals surface area contributed by atoms with Crippen LogP contribution < -0.4 is 5.32 Å². The molecule has 0 aliphatic carbocycles. The molecule has 0 bridgehead atoms. The molecule has 0 spiro atoms. The molecule has 1 saturated heterocycles. The van der Waals surface area contributed by atoms with E-state index in [0.717, 1.165) is 19.4 Å². The highest BCUT2D eigenvalue weighted by Crippen LogP contribution is 2.25. The molecule has 7 heteroatoms. The van der Waals surface area contributed by atoms with E-state index < -0.39 is 5.82 Å². The fourth-order valence-electron chi connectivity index (χ4n) is 3.14. The van der Waals surface area contributed by atoms with Crippen LogP contribution in [0.15, 0.2) is 36.4 Å². The summed E-state index contributed by atoms with van der Waals surface area (Å²) in [6, 6.07) is 8.68. The Bertz CT molecular complexity index is 796. The average Bonchev–Trinajstić information content (AvgIpc) is 2.62. The van der Waals surface area contributed by atoms with Crippen molar-refractivity contribution in [2.24, 2.45) is 5.92 Å².